The van der Waals surface area contributed by atoms with Gasteiger partial charge in [-0.3, -0.25) is 18.7 Å². The van der Waals surface area contributed by atoms with Crippen molar-refractivity contribution >= 4 is 34.1 Å². The summed E-state index contributed by atoms with van der Waals surface area (Å²) in [4.78, 5) is 46.8. The highest BCUT2D eigenvalue weighted by Crippen LogP contribution is 2.25. The molecule has 174 valence electrons. The second kappa shape index (κ2) is 9.02. The SMILES string of the molecule is CN1CCN(c2cc(NCC(=O)Nc3ccccc3F)c3c(=O)n(C)c(=O)n(C)c3n2)CC1. The van der Waals surface area contributed by atoms with Crippen LogP contribution in [0.2, 0.25) is 0 Å². The van der Waals surface area contributed by atoms with Crippen LogP contribution in [0.3, 0.4) is 0 Å². The number of aryl methyl sites for hydroxylation is 1. The van der Waals surface area contributed by atoms with Crippen LogP contribution in [0.15, 0.2) is 39.9 Å². The number of halogens is 1. The number of carbonyl (C=O) groups is 1. The number of para-hydroxylation sites is 1. The third-order valence-corrected chi connectivity index (χ3v) is 5.81. The standard InChI is InChI=1S/C22H26FN7O3/c1-27-8-10-30(11-9-27)17-12-16(19-20(26-17)28(2)22(33)29(3)21(19)32)24-13-18(31)25-15-7-5-4-6-14(15)23/h4-7,12H,8-11,13H2,1-3H3,(H,24,26)(H,25,31). The minimum atomic E-state index is -0.540. The molecule has 11 heteroatoms. The quantitative estimate of drug-likeness (QED) is 0.580. The van der Waals surface area contributed by atoms with Crippen LogP contribution in [0, 0.1) is 5.82 Å². The normalized spacial score (nSPS) is 14.5. The molecule has 0 aliphatic carbocycles. The minimum Gasteiger partial charge on any atom is -0.375 e. The Bertz CT molecular complexity index is 1330. The molecular formula is C22H26FN7O3. The van der Waals surface area contributed by atoms with Gasteiger partial charge in [-0.25, -0.2) is 14.2 Å². The average molecular weight is 455 g/mol. The number of anilines is 3. The lowest BCUT2D eigenvalue weighted by atomic mass is 10.2. The Morgan fingerprint density at radius 3 is 2.42 bits per heavy atom. The van der Waals surface area contributed by atoms with Gasteiger partial charge in [0.1, 0.15) is 17.0 Å². The van der Waals surface area contributed by atoms with Gasteiger partial charge >= 0.3 is 5.69 Å². The van der Waals surface area contributed by atoms with Crippen molar-refractivity contribution in [2.24, 2.45) is 14.1 Å². The van der Waals surface area contributed by atoms with E-state index >= 15 is 0 Å². The van der Waals surface area contributed by atoms with Crippen LogP contribution in [0.1, 0.15) is 0 Å². The van der Waals surface area contributed by atoms with Gasteiger partial charge in [0.2, 0.25) is 5.91 Å². The molecule has 0 radical (unpaired) electrons. The monoisotopic (exact) mass is 455 g/mol. The summed E-state index contributed by atoms with van der Waals surface area (Å²) >= 11 is 0. The zero-order chi connectivity index (χ0) is 23.7. The molecule has 3 heterocycles. The lowest BCUT2D eigenvalue weighted by Gasteiger charge is -2.33. The van der Waals surface area contributed by atoms with Crippen LogP contribution in [0.25, 0.3) is 11.0 Å². The molecule has 1 saturated heterocycles. The Hall–Kier alpha value is -3.73. The Kier molecular flexibility index (Phi) is 6.14. The lowest BCUT2D eigenvalue weighted by Crippen LogP contribution is -2.45. The summed E-state index contributed by atoms with van der Waals surface area (Å²) in [5.41, 5.74) is -0.313. The maximum atomic E-state index is 13.9. The maximum absolute atomic E-state index is 13.9. The highest BCUT2D eigenvalue weighted by atomic mass is 19.1. The number of hydrogen-bond acceptors (Lipinski definition) is 7. The number of benzene rings is 1. The molecule has 1 fully saturated rings. The van der Waals surface area contributed by atoms with Crippen molar-refractivity contribution in [3.05, 3.63) is 57.0 Å². The molecule has 1 aliphatic heterocycles. The maximum Gasteiger partial charge on any atom is 0.332 e. The number of rotatable bonds is 5. The average Bonchev–Trinajstić information content (AvgIpc) is 2.81. The molecule has 4 rings (SSSR count). The number of amides is 1. The molecule has 1 aromatic carbocycles. The Morgan fingerprint density at radius 1 is 1.03 bits per heavy atom. The van der Waals surface area contributed by atoms with Gasteiger partial charge in [0, 0.05) is 46.3 Å². The van der Waals surface area contributed by atoms with Crippen LogP contribution in [0.4, 0.5) is 21.6 Å². The second-order valence-electron chi connectivity index (χ2n) is 8.10. The summed E-state index contributed by atoms with van der Waals surface area (Å²) < 4.78 is 16.2. The lowest BCUT2D eigenvalue weighted by molar-refractivity contribution is -0.114. The summed E-state index contributed by atoms with van der Waals surface area (Å²) in [7, 11) is 4.99. The van der Waals surface area contributed by atoms with Gasteiger partial charge in [-0.1, -0.05) is 12.1 Å². The first kappa shape index (κ1) is 22.5. The van der Waals surface area contributed by atoms with Crippen molar-refractivity contribution in [1.29, 1.82) is 0 Å². The van der Waals surface area contributed by atoms with Crippen LogP contribution < -0.4 is 26.8 Å². The number of nitrogens with one attached hydrogen (secondary N) is 2. The van der Waals surface area contributed by atoms with Crippen molar-refractivity contribution in [1.82, 2.24) is 19.0 Å². The number of piperazine rings is 1. The van der Waals surface area contributed by atoms with Gasteiger partial charge in [-0.15, -0.1) is 0 Å². The summed E-state index contributed by atoms with van der Waals surface area (Å²) in [5.74, 6) is -0.412. The van der Waals surface area contributed by atoms with E-state index in [1.54, 1.807) is 19.2 Å². The predicted molar refractivity (Wildman–Crippen MR) is 125 cm³/mol. The number of nitrogens with zero attached hydrogens (tertiary/aromatic N) is 5. The third-order valence-electron chi connectivity index (χ3n) is 5.81. The van der Waals surface area contributed by atoms with Gasteiger partial charge < -0.3 is 20.4 Å². The smallest absolute Gasteiger partial charge is 0.332 e. The summed E-state index contributed by atoms with van der Waals surface area (Å²) in [6.45, 7) is 2.97. The van der Waals surface area contributed by atoms with E-state index < -0.39 is 23.0 Å². The number of hydrogen-bond donors (Lipinski definition) is 2. The van der Waals surface area contributed by atoms with Crippen molar-refractivity contribution in [2.75, 3.05) is 55.3 Å². The van der Waals surface area contributed by atoms with E-state index in [4.69, 9.17) is 0 Å². The topological polar surface area (TPSA) is 105 Å². The van der Waals surface area contributed by atoms with E-state index in [0.29, 0.717) is 11.5 Å². The fourth-order valence-electron chi connectivity index (χ4n) is 3.81. The molecule has 10 nitrogen and oxygen atoms in total. The number of pyridine rings is 1. The molecule has 33 heavy (non-hydrogen) atoms. The summed E-state index contributed by atoms with van der Waals surface area (Å²) in [5, 5.41) is 5.71. The van der Waals surface area contributed by atoms with E-state index in [1.165, 1.54) is 29.8 Å². The molecule has 1 amide bonds. The first-order valence-electron chi connectivity index (χ1n) is 10.6. The molecule has 2 N–H and O–H groups in total. The fourth-order valence-corrected chi connectivity index (χ4v) is 3.81. The molecular weight excluding hydrogens is 429 g/mol. The van der Waals surface area contributed by atoms with Crippen LogP contribution >= 0.6 is 0 Å². The summed E-state index contributed by atoms with van der Waals surface area (Å²) in [6.07, 6.45) is 0. The second-order valence-corrected chi connectivity index (χ2v) is 8.10. The van der Waals surface area contributed by atoms with Crippen molar-refractivity contribution in [3.63, 3.8) is 0 Å². The molecule has 2 aromatic heterocycles. The molecule has 3 aromatic rings. The first-order valence-corrected chi connectivity index (χ1v) is 10.6. The van der Waals surface area contributed by atoms with Crippen molar-refractivity contribution in [3.8, 4) is 0 Å². The molecule has 0 bridgehead atoms. The molecule has 0 saturated carbocycles. The number of likely N-dealkylation sites (N-methyl/N-ethyl adjacent to an activating group) is 1. The van der Waals surface area contributed by atoms with Gasteiger partial charge in [0.15, 0.2) is 5.65 Å². The van der Waals surface area contributed by atoms with Gasteiger partial charge in [0.25, 0.3) is 5.56 Å². The number of fused-ring (bicyclic) bond motifs is 1. The first-order chi connectivity index (χ1) is 15.8. The third kappa shape index (κ3) is 4.44. The van der Waals surface area contributed by atoms with Crippen LogP contribution in [-0.2, 0) is 18.9 Å². The predicted octanol–water partition coefficient (Wildman–Crippen LogP) is 0.574. The van der Waals surface area contributed by atoms with Crippen LogP contribution in [0.5, 0.6) is 0 Å². The highest BCUT2D eigenvalue weighted by molar-refractivity contribution is 5.96. The number of aromatic nitrogens is 3. The van der Waals surface area contributed by atoms with Gasteiger partial charge in [-0.2, -0.15) is 0 Å². The van der Waals surface area contributed by atoms with E-state index in [0.717, 1.165) is 30.7 Å². The molecule has 0 unspecified atom stereocenters. The van der Waals surface area contributed by atoms with E-state index in [1.807, 2.05) is 7.05 Å². The minimum absolute atomic E-state index is 0.0697. The van der Waals surface area contributed by atoms with Gasteiger partial charge in [-0.05, 0) is 19.2 Å². The Balaban J connectivity index is 1.70. The zero-order valence-corrected chi connectivity index (χ0v) is 18.8. The largest absolute Gasteiger partial charge is 0.375 e. The van der Waals surface area contributed by atoms with E-state index in [9.17, 15) is 18.8 Å². The molecule has 0 spiro atoms. The molecule has 1 aliphatic rings. The van der Waals surface area contributed by atoms with Crippen molar-refractivity contribution < 1.29 is 9.18 Å². The Labute approximate surface area is 189 Å². The van der Waals surface area contributed by atoms with E-state index in [2.05, 4.69) is 25.4 Å². The molecule has 0 atom stereocenters. The van der Waals surface area contributed by atoms with Gasteiger partial charge in [0.05, 0.1) is 17.9 Å². The Morgan fingerprint density at radius 2 is 1.73 bits per heavy atom. The fraction of sp³-hybridized carbons (Fsp3) is 0.364. The number of carbonyl (C=O) groups excluding carboxylic acids is 1. The highest BCUT2D eigenvalue weighted by Gasteiger charge is 2.21. The van der Waals surface area contributed by atoms with Crippen molar-refractivity contribution in [2.45, 2.75) is 0 Å². The van der Waals surface area contributed by atoms with Crippen LogP contribution in [-0.4, -0.2) is 64.7 Å². The zero-order valence-electron chi connectivity index (χ0n) is 18.8. The summed E-state index contributed by atoms with van der Waals surface area (Å²) in [6, 6.07) is 7.59. The van der Waals surface area contributed by atoms with E-state index in [-0.39, 0.29) is 23.3 Å².